The number of pyridine rings is 2. The van der Waals surface area contributed by atoms with Crippen LogP contribution in [0.2, 0.25) is 0 Å². The van der Waals surface area contributed by atoms with Crippen molar-refractivity contribution in [1.82, 2.24) is 9.97 Å². The number of rotatable bonds is 2. The summed E-state index contributed by atoms with van der Waals surface area (Å²) in [4.78, 5) is 8.00. The molecule has 0 aliphatic heterocycles. The summed E-state index contributed by atoms with van der Waals surface area (Å²) >= 11 is 0. The molecule has 82 valence electrons. The molecule has 0 atom stereocenters. The third kappa shape index (κ3) is 3.40. The summed E-state index contributed by atoms with van der Waals surface area (Å²) in [6.45, 7) is -3.56. The Labute approximate surface area is 110 Å². The number of hydrogen-bond donors (Lipinski definition) is 3. The summed E-state index contributed by atoms with van der Waals surface area (Å²) in [6, 6.07) is 9.90. The molecule has 0 aromatic carbocycles. The topological polar surface area (TPSA) is 86.5 Å². The van der Waals surface area contributed by atoms with E-state index in [4.69, 9.17) is 15.1 Å². The largest absolute Gasteiger partial charge is 1.00 e. The molecular formula is C10H10BLiN2O3. The fourth-order valence-corrected chi connectivity index (χ4v) is 1.32. The second-order valence-electron chi connectivity index (χ2n) is 3.40. The molecule has 5 nitrogen and oxygen atoms in total. The van der Waals surface area contributed by atoms with Gasteiger partial charge in [0.2, 0.25) is 0 Å². The first-order chi connectivity index (χ1) is 7.57. The average molecular weight is 224 g/mol. The third-order valence-corrected chi connectivity index (χ3v) is 2.09. The Morgan fingerprint density at radius 2 is 1.59 bits per heavy atom. The quantitative estimate of drug-likeness (QED) is 0.456. The van der Waals surface area contributed by atoms with Gasteiger partial charge in [-0.15, -0.1) is 0 Å². The van der Waals surface area contributed by atoms with Crippen LogP contribution in [0.5, 0.6) is 0 Å². The van der Waals surface area contributed by atoms with Crippen molar-refractivity contribution in [3.63, 3.8) is 0 Å². The van der Waals surface area contributed by atoms with Gasteiger partial charge in [-0.25, -0.2) is 0 Å². The summed E-state index contributed by atoms with van der Waals surface area (Å²) in [5, 5.41) is 27.2. The van der Waals surface area contributed by atoms with Crippen LogP contribution in [-0.2, 0) is 0 Å². The van der Waals surface area contributed by atoms with Gasteiger partial charge < -0.3 is 15.1 Å². The third-order valence-electron chi connectivity index (χ3n) is 2.09. The van der Waals surface area contributed by atoms with E-state index >= 15 is 0 Å². The molecule has 0 saturated carbocycles. The first kappa shape index (κ1) is 13.9. The van der Waals surface area contributed by atoms with E-state index in [2.05, 4.69) is 9.97 Å². The molecule has 0 aliphatic rings. The predicted octanol–water partition coefficient (Wildman–Crippen LogP) is -3.73. The van der Waals surface area contributed by atoms with Gasteiger partial charge in [-0.2, -0.15) is 0 Å². The van der Waals surface area contributed by atoms with Crippen LogP contribution in [-0.4, -0.2) is 31.8 Å². The Morgan fingerprint density at radius 3 is 2.18 bits per heavy atom. The van der Waals surface area contributed by atoms with Gasteiger partial charge in [-0.3, -0.25) is 9.97 Å². The zero-order chi connectivity index (χ0) is 11.6. The van der Waals surface area contributed by atoms with E-state index in [1.165, 1.54) is 6.07 Å². The fraction of sp³-hybridized carbons (Fsp3) is 0. The first-order valence-corrected chi connectivity index (χ1v) is 4.77. The summed E-state index contributed by atoms with van der Waals surface area (Å²) < 4.78 is 0. The van der Waals surface area contributed by atoms with Crippen LogP contribution in [0.25, 0.3) is 11.4 Å². The Balaban J connectivity index is 0.00000144. The fourth-order valence-electron chi connectivity index (χ4n) is 1.32. The zero-order valence-electron chi connectivity index (χ0n) is 9.35. The van der Waals surface area contributed by atoms with Crippen molar-refractivity contribution in [1.29, 1.82) is 0 Å². The molecule has 0 fully saturated rings. The van der Waals surface area contributed by atoms with Crippen LogP contribution in [0.15, 0.2) is 42.6 Å². The van der Waals surface area contributed by atoms with E-state index in [0.29, 0.717) is 11.4 Å². The first-order valence-electron chi connectivity index (χ1n) is 4.77. The normalized spacial score (nSPS) is 10.8. The van der Waals surface area contributed by atoms with Crippen LogP contribution in [0.1, 0.15) is 0 Å². The van der Waals surface area contributed by atoms with Crippen molar-refractivity contribution >= 4 is 12.3 Å². The van der Waals surface area contributed by atoms with Gasteiger partial charge in [0.25, 0.3) is 0 Å². The maximum atomic E-state index is 9.05. The number of aromatic nitrogens is 2. The standard InChI is InChI=1S/C10H10BN2O3.Li/c14-11(15,16)10-6-3-5-9(13-10)8-4-1-2-7-12-8;/h1-7,14-16H;/q-1;+1. The molecule has 2 aromatic heterocycles. The van der Waals surface area contributed by atoms with Crippen LogP contribution in [0.4, 0.5) is 0 Å². The van der Waals surface area contributed by atoms with Crippen LogP contribution < -0.4 is 24.5 Å². The molecule has 3 N–H and O–H groups in total. The molecule has 0 bridgehead atoms. The summed E-state index contributed by atoms with van der Waals surface area (Å²) in [5.41, 5.74) is 0.897. The molecule has 17 heavy (non-hydrogen) atoms. The second-order valence-corrected chi connectivity index (χ2v) is 3.40. The monoisotopic (exact) mass is 224 g/mol. The van der Waals surface area contributed by atoms with Gasteiger partial charge in [-0.1, -0.05) is 18.2 Å². The number of hydrogen-bond acceptors (Lipinski definition) is 5. The van der Waals surface area contributed by atoms with Crippen molar-refractivity contribution in [2.45, 2.75) is 0 Å². The predicted molar refractivity (Wildman–Crippen MR) is 59.5 cm³/mol. The average Bonchev–Trinajstić information content (AvgIpc) is 2.29. The summed E-state index contributed by atoms with van der Waals surface area (Å²) in [7, 11) is 0. The molecule has 2 aromatic rings. The van der Waals surface area contributed by atoms with Crippen molar-refractivity contribution in [2.24, 2.45) is 0 Å². The minimum atomic E-state index is -3.56. The molecule has 2 heterocycles. The van der Waals surface area contributed by atoms with Crippen LogP contribution >= 0.6 is 0 Å². The summed E-state index contributed by atoms with van der Waals surface area (Å²) in [5.74, 6) is 0. The van der Waals surface area contributed by atoms with Crippen molar-refractivity contribution in [3.05, 3.63) is 42.6 Å². The molecule has 0 amide bonds. The molecule has 0 radical (unpaired) electrons. The second kappa shape index (κ2) is 5.45. The maximum Gasteiger partial charge on any atom is 1.00 e. The van der Waals surface area contributed by atoms with Crippen molar-refractivity contribution in [2.75, 3.05) is 0 Å². The number of nitrogens with zero attached hydrogens (tertiary/aromatic N) is 2. The van der Waals surface area contributed by atoms with E-state index in [1.807, 2.05) is 0 Å². The molecule has 0 unspecified atom stereocenters. The minimum Gasteiger partial charge on any atom is -0.555 e. The molecule has 0 aliphatic carbocycles. The van der Waals surface area contributed by atoms with Crippen LogP contribution in [0.3, 0.4) is 0 Å². The molecule has 0 saturated heterocycles. The van der Waals surface area contributed by atoms with Gasteiger partial charge in [-0.05, 0) is 23.8 Å². The molecular weight excluding hydrogens is 214 g/mol. The Kier molecular flexibility index (Phi) is 4.46. The van der Waals surface area contributed by atoms with E-state index in [0.717, 1.165) is 0 Å². The molecule has 2 rings (SSSR count). The minimum absolute atomic E-state index is 0. The smallest absolute Gasteiger partial charge is 0.555 e. The van der Waals surface area contributed by atoms with Gasteiger partial charge in [0.15, 0.2) is 0 Å². The Morgan fingerprint density at radius 1 is 0.882 bits per heavy atom. The van der Waals surface area contributed by atoms with Gasteiger partial charge in [0.05, 0.1) is 11.4 Å². The van der Waals surface area contributed by atoms with E-state index in [-0.39, 0.29) is 24.5 Å². The van der Waals surface area contributed by atoms with Crippen molar-refractivity contribution < 1.29 is 33.9 Å². The molecule has 0 spiro atoms. The SMILES string of the molecule is O[B-](O)(O)c1cccc(-c2ccccn2)n1.[Li+]. The Hall–Kier alpha value is -1.16. The zero-order valence-corrected chi connectivity index (χ0v) is 9.35. The molecule has 7 heteroatoms. The Bertz CT molecular complexity index is 490. The van der Waals surface area contributed by atoms with Crippen LogP contribution in [0, 0.1) is 0 Å². The van der Waals surface area contributed by atoms with E-state index < -0.39 is 6.75 Å². The maximum absolute atomic E-state index is 9.05. The summed E-state index contributed by atoms with van der Waals surface area (Å²) in [6.07, 6.45) is 1.61. The van der Waals surface area contributed by atoms with Gasteiger partial charge in [0, 0.05) is 6.20 Å². The van der Waals surface area contributed by atoms with Crippen molar-refractivity contribution in [3.8, 4) is 11.4 Å². The van der Waals surface area contributed by atoms with Gasteiger partial charge >= 0.3 is 25.6 Å². The van der Waals surface area contributed by atoms with E-state index in [9.17, 15) is 0 Å². The van der Waals surface area contributed by atoms with Gasteiger partial charge in [0.1, 0.15) is 0 Å². The van der Waals surface area contributed by atoms with E-state index in [1.54, 1.807) is 36.5 Å².